The Labute approximate surface area is 153 Å². The van der Waals surface area contributed by atoms with E-state index in [0.717, 1.165) is 44.6 Å². The van der Waals surface area contributed by atoms with E-state index < -0.39 is 6.36 Å². The second-order valence-corrected chi connectivity index (χ2v) is 5.28. The van der Waals surface area contributed by atoms with Crippen molar-refractivity contribution in [2.45, 2.75) is 25.2 Å². The number of nitrogens with zero attached hydrogens (tertiary/aromatic N) is 1. The van der Waals surface area contributed by atoms with Gasteiger partial charge in [-0.1, -0.05) is 18.2 Å². The zero-order chi connectivity index (χ0) is 16.0. The molecule has 1 aliphatic rings. The van der Waals surface area contributed by atoms with Crippen molar-refractivity contribution in [3.8, 4) is 5.75 Å². The number of piperazine rings is 1. The molecule has 0 unspecified atom stereocenters. The van der Waals surface area contributed by atoms with Crippen LogP contribution in [0, 0.1) is 0 Å². The Kier molecular flexibility index (Phi) is 10.4. The summed E-state index contributed by atoms with van der Waals surface area (Å²) in [6.07, 6.45) is -1.00. The number of alkyl halides is 3. The third-order valence-electron chi connectivity index (χ3n) is 3.74. The van der Waals surface area contributed by atoms with Gasteiger partial charge in [-0.15, -0.1) is 44.6 Å². The van der Waals surface area contributed by atoms with E-state index in [1.807, 2.05) is 6.08 Å². The van der Waals surface area contributed by atoms with Crippen molar-refractivity contribution in [1.82, 2.24) is 10.2 Å². The number of nitrogens with one attached hydrogen (secondary N) is 1. The maximum absolute atomic E-state index is 12.2. The van der Waals surface area contributed by atoms with Crippen LogP contribution in [-0.2, 0) is 0 Å². The Bertz CT molecular complexity index is 477. The van der Waals surface area contributed by atoms with Crippen LogP contribution in [0.15, 0.2) is 36.9 Å². The van der Waals surface area contributed by atoms with Gasteiger partial charge in [0.25, 0.3) is 0 Å². The molecule has 1 aliphatic heterocycles. The van der Waals surface area contributed by atoms with Gasteiger partial charge >= 0.3 is 6.36 Å². The lowest BCUT2D eigenvalue weighted by Crippen LogP contribution is -2.45. The molecule has 2 rings (SSSR count). The maximum atomic E-state index is 12.2. The predicted octanol–water partition coefficient (Wildman–Crippen LogP) is 4.34. The van der Waals surface area contributed by atoms with E-state index in [4.69, 9.17) is 0 Å². The summed E-state index contributed by atoms with van der Waals surface area (Å²) in [6.45, 7) is 7.48. The highest BCUT2D eigenvalue weighted by atomic mass is 35.5. The second kappa shape index (κ2) is 10.8. The molecule has 3 nitrogen and oxygen atoms in total. The van der Waals surface area contributed by atoms with Gasteiger partial charge in [-0.25, -0.2) is 0 Å². The first-order valence-corrected chi connectivity index (χ1v) is 7.41. The standard InChI is InChI=1S/C16H21F3N2O.2ClH/c1-2-3-4-15(21-11-9-20-10-12-21)13-5-7-14(8-6-13)22-16(17,18)19;;/h2,5-8,15,20H,1,3-4,9-12H2;2*1H/t15-;;/m0../s1. The van der Waals surface area contributed by atoms with Crippen LogP contribution in [0.4, 0.5) is 13.2 Å². The van der Waals surface area contributed by atoms with Crippen LogP contribution >= 0.6 is 24.8 Å². The molecule has 0 aromatic heterocycles. The molecule has 0 saturated carbocycles. The Morgan fingerprint density at radius 2 is 1.75 bits per heavy atom. The summed E-state index contributed by atoms with van der Waals surface area (Å²) in [5.74, 6) is -0.181. The van der Waals surface area contributed by atoms with Gasteiger partial charge in [-0.05, 0) is 30.5 Å². The minimum atomic E-state index is -4.65. The molecule has 24 heavy (non-hydrogen) atoms. The minimum absolute atomic E-state index is 0. The van der Waals surface area contributed by atoms with Crippen molar-refractivity contribution in [1.29, 1.82) is 0 Å². The predicted molar refractivity (Wildman–Crippen MR) is 94.2 cm³/mol. The Morgan fingerprint density at radius 1 is 1.17 bits per heavy atom. The quantitative estimate of drug-likeness (QED) is 0.735. The summed E-state index contributed by atoms with van der Waals surface area (Å²) >= 11 is 0. The lowest BCUT2D eigenvalue weighted by Gasteiger charge is -2.35. The molecule has 0 bridgehead atoms. The lowest BCUT2D eigenvalue weighted by molar-refractivity contribution is -0.274. The fourth-order valence-corrected chi connectivity index (χ4v) is 2.72. The number of rotatable bonds is 6. The van der Waals surface area contributed by atoms with Crippen molar-refractivity contribution in [2.75, 3.05) is 26.2 Å². The van der Waals surface area contributed by atoms with Crippen LogP contribution in [0.3, 0.4) is 0 Å². The van der Waals surface area contributed by atoms with Gasteiger partial charge in [-0.3, -0.25) is 4.90 Å². The Balaban J connectivity index is 0.00000264. The SMILES string of the molecule is C=CCC[C@@H](c1ccc(OC(F)(F)F)cc1)N1CCNCC1.Cl.Cl. The van der Waals surface area contributed by atoms with E-state index >= 15 is 0 Å². The molecule has 0 radical (unpaired) electrons. The van der Waals surface area contributed by atoms with E-state index in [0.29, 0.717) is 0 Å². The van der Waals surface area contributed by atoms with E-state index in [9.17, 15) is 13.2 Å². The zero-order valence-electron chi connectivity index (χ0n) is 13.2. The molecule has 1 fully saturated rings. The molecule has 1 heterocycles. The van der Waals surface area contributed by atoms with E-state index in [1.165, 1.54) is 12.1 Å². The molecule has 0 spiro atoms. The fourth-order valence-electron chi connectivity index (χ4n) is 2.72. The number of hydrogen-bond donors (Lipinski definition) is 1. The van der Waals surface area contributed by atoms with Crippen LogP contribution < -0.4 is 10.1 Å². The van der Waals surface area contributed by atoms with E-state index in [2.05, 4.69) is 21.5 Å². The number of halogens is 5. The van der Waals surface area contributed by atoms with Crippen LogP contribution in [0.2, 0.25) is 0 Å². The van der Waals surface area contributed by atoms with Gasteiger partial charge in [0.1, 0.15) is 5.75 Å². The van der Waals surface area contributed by atoms with Gasteiger partial charge in [0, 0.05) is 32.2 Å². The Hall–Kier alpha value is -0.950. The smallest absolute Gasteiger partial charge is 0.406 e. The minimum Gasteiger partial charge on any atom is -0.406 e. The van der Waals surface area contributed by atoms with E-state index in [-0.39, 0.29) is 36.6 Å². The largest absolute Gasteiger partial charge is 0.573 e. The van der Waals surface area contributed by atoms with Crippen molar-refractivity contribution in [3.05, 3.63) is 42.5 Å². The average Bonchev–Trinajstić information content (AvgIpc) is 2.49. The maximum Gasteiger partial charge on any atom is 0.573 e. The number of ether oxygens (including phenoxy) is 1. The average molecular weight is 387 g/mol. The fraction of sp³-hybridized carbons (Fsp3) is 0.500. The van der Waals surface area contributed by atoms with Crippen molar-refractivity contribution in [2.24, 2.45) is 0 Å². The summed E-state index contributed by atoms with van der Waals surface area (Å²) in [4.78, 5) is 2.36. The zero-order valence-corrected chi connectivity index (χ0v) is 14.9. The molecule has 138 valence electrons. The van der Waals surface area contributed by atoms with Crippen molar-refractivity contribution in [3.63, 3.8) is 0 Å². The highest BCUT2D eigenvalue weighted by molar-refractivity contribution is 5.85. The van der Waals surface area contributed by atoms with Crippen molar-refractivity contribution >= 4 is 24.8 Å². The third kappa shape index (κ3) is 7.30. The lowest BCUT2D eigenvalue weighted by atomic mass is 9.99. The highest BCUT2D eigenvalue weighted by Crippen LogP contribution is 2.29. The van der Waals surface area contributed by atoms with Gasteiger partial charge in [-0.2, -0.15) is 0 Å². The molecule has 8 heteroatoms. The molecule has 1 N–H and O–H groups in total. The molecular formula is C16H23Cl2F3N2O. The Morgan fingerprint density at radius 3 is 2.25 bits per heavy atom. The van der Waals surface area contributed by atoms with Crippen molar-refractivity contribution < 1.29 is 17.9 Å². The molecule has 0 amide bonds. The number of hydrogen-bond acceptors (Lipinski definition) is 3. The summed E-state index contributed by atoms with van der Waals surface area (Å²) < 4.78 is 40.6. The van der Waals surface area contributed by atoms with Crippen LogP contribution in [0.5, 0.6) is 5.75 Å². The molecule has 1 aromatic carbocycles. The topological polar surface area (TPSA) is 24.5 Å². The first-order valence-electron chi connectivity index (χ1n) is 7.41. The van der Waals surface area contributed by atoms with Crippen LogP contribution in [-0.4, -0.2) is 37.4 Å². The molecule has 1 saturated heterocycles. The first-order chi connectivity index (χ1) is 10.5. The van der Waals surface area contributed by atoms with Gasteiger partial charge in [0.05, 0.1) is 0 Å². The van der Waals surface area contributed by atoms with E-state index in [1.54, 1.807) is 12.1 Å². The second-order valence-electron chi connectivity index (χ2n) is 5.28. The summed E-state index contributed by atoms with van der Waals surface area (Å²) in [5.41, 5.74) is 1.01. The number of benzene rings is 1. The summed E-state index contributed by atoms with van der Waals surface area (Å²) in [5, 5.41) is 3.31. The van der Waals surface area contributed by atoms with Crippen LogP contribution in [0.1, 0.15) is 24.4 Å². The first kappa shape index (κ1) is 23.1. The van der Waals surface area contributed by atoms with Gasteiger partial charge in [0.15, 0.2) is 0 Å². The summed E-state index contributed by atoms with van der Waals surface area (Å²) in [6, 6.07) is 6.39. The highest BCUT2D eigenvalue weighted by Gasteiger charge is 2.31. The van der Waals surface area contributed by atoms with Crippen LogP contribution in [0.25, 0.3) is 0 Å². The van der Waals surface area contributed by atoms with Gasteiger partial charge < -0.3 is 10.1 Å². The molecule has 1 atom stereocenters. The normalized spacial score (nSPS) is 16.5. The third-order valence-corrected chi connectivity index (χ3v) is 3.74. The van der Waals surface area contributed by atoms with Gasteiger partial charge in [0.2, 0.25) is 0 Å². The molecular weight excluding hydrogens is 364 g/mol. The number of allylic oxidation sites excluding steroid dienone is 1. The molecule has 0 aliphatic carbocycles. The summed E-state index contributed by atoms with van der Waals surface area (Å²) in [7, 11) is 0. The molecule has 1 aromatic rings. The monoisotopic (exact) mass is 386 g/mol.